The highest BCUT2D eigenvalue weighted by Gasteiger charge is 2.19. The Labute approximate surface area is 141 Å². The summed E-state index contributed by atoms with van der Waals surface area (Å²) < 4.78 is 4.79. The molecule has 4 N–H and O–H groups in total. The van der Waals surface area contributed by atoms with Gasteiger partial charge in [0.15, 0.2) is 0 Å². The molecule has 0 amide bonds. The summed E-state index contributed by atoms with van der Waals surface area (Å²) in [5.41, 5.74) is 1.54. The van der Waals surface area contributed by atoms with E-state index in [0.29, 0.717) is 30.0 Å². The lowest BCUT2D eigenvalue weighted by Gasteiger charge is -2.28. The number of aliphatic hydroxyl groups is 4. The number of rotatable bonds is 11. The van der Waals surface area contributed by atoms with Gasteiger partial charge < -0.3 is 35.0 Å². The predicted octanol–water partition coefficient (Wildman–Crippen LogP) is -0.945. The second kappa shape index (κ2) is 10.8. The first-order valence-electron chi connectivity index (χ1n) is 7.78. The number of carbonyl (C=O) groups excluding carboxylic acids is 1. The molecule has 0 bridgehead atoms. The molecule has 0 atom stereocenters. The SMILES string of the molecule is COC(=O)c1ccc(N(CCO)CCO)cc1N(CCO)CCO. The Kier molecular flexibility index (Phi) is 9.10. The van der Waals surface area contributed by atoms with Gasteiger partial charge in [0.1, 0.15) is 0 Å². The van der Waals surface area contributed by atoms with E-state index in [1.54, 1.807) is 28.0 Å². The average Bonchev–Trinajstić information content (AvgIpc) is 2.60. The molecule has 0 aliphatic rings. The highest BCUT2D eigenvalue weighted by atomic mass is 16.5. The standard InChI is InChI=1S/C16H26N2O6/c1-24-16(23)14-3-2-13(17(4-8-19)5-9-20)12-15(14)18(6-10-21)7-11-22/h2-3,12,19-22H,4-11H2,1H3. The number of anilines is 2. The van der Waals surface area contributed by atoms with Gasteiger partial charge in [0.25, 0.3) is 0 Å². The maximum absolute atomic E-state index is 12.0. The van der Waals surface area contributed by atoms with Gasteiger partial charge in [-0.2, -0.15) is 0 Å². The van der Waals surface area contributed by atoms with Crippen LogP contribution in [0.4, 0.5) is 11.4 Å². The van der Waals surface area contributed by atoms with Gasteiger partial charge in [-0.05, 0) is 18.2 Å². The van der Waals surface area contributed by atoms with Crippen molar-refractivity contribution in [3.8, 4) is 0 Å². The van der Waals surface area contributed by atoms with Crippen molar-refractivity contribution in [2.45, 2.75) is 0 Å². The molecule has 0 saturated heterocycles. The molecule has 0 aliphatic carbocycles. The van der Waals surface area contributed by atoms with Crippen LogP contribution in [0.5, 0.6) is 0 Å². The number of carbonyl (C=O) groups is 1. The molecular formula is C16H26N2O6. The first-order valence-corrected chi connectivity index (χ1v) is 7.78. The van der Waals surface area contributed by atoms with Crippen molar-refractivity contribution in [2.75, 3.05) is 69.5 Å². The van der Waals surface area contributed by atoms with Crippen LogP contribution in [0.25, 0.3) is 0 Å². The average molecular weight is 342 g/mol. The lowest BCUT2D eigenvalue weighted by Crippen LogP contribution is -2.33. The number of ether oxygens (including phenoxy) is 1. The van der Waals surface area contributed by atoms with Crippen LogP contribution in [0.1, 0.15) is 10.4 Å². The van der Waals surface area contributed by atoms with Gasteiger partial charge in [-0.15, -0.1) is 0 Å². The molecule has 8 heteroatoms. The van der Waals surface area contributed by atoms with Crippen molar-refractivity contribution in [3.05, 3.63) is 23.8 Å². The minimum atomic E-state index is -0.520. The van der Waals surface area contributed by atoms with Crippen LogP contribution in [0.2, 0.25) is 0 Å². The first-order chi connectivity index (χ1) is 11.6. The molecule has 0 fully saturated rings. The van der Waals surface area contributed by atoms with E-state index in [9.17, 15) is 25.2 Å². The fourth-order valence-electron chi connectivity index (χ4n) is 2.47. The van der Waals surface area contributed by atoms with Crippen LogP contribution >= 0.6 is 0 Å². The number of nitrogens with zero attached hydrogens (tertiary/aromatic N) is 2. The Morgan fingerprint density at radius 1 is 0.917 bits per heavy atom. The summed E-state index contributed by atoms with van der Waals surface area (Å²) in [7, 11) is 1.28. The van der Waals surface area contributed by atoms with E-state index in [1.807, 2.05) is 0 Å². The molecule has 0 unspecified atom stereocenters. The van der Waals surface area contributed by atoms with Gasteiger partial charge in [0, 0.05) is 31.9 Å². The van der Waals surface area contributed by atoms with Crippen LogP contribution < -0.4 is 9.80 Å². The molecule has 1 rings (SSSR count). The van der Waals surface area contributed by atoms with Crippen molar-refractivity contribution in [2.24, 2.45) is 0 Å². The molecule has 1 aromatic carbocycles. The van der Waals surface area contributed by atoms with Crippen LogP contribution in [0.15, 0.2) is 18.2 Å². The van der Waals surface area contributed by atoms with Crippen LogP contribution in [0, 0.1) is 0 Å². The van der Waals surface area contributed by atoms with Crippen molar-refractivity contribution in [3.63, 3.8) is 0 Å². The summed E-state index contributed by atoms with van der Waals surface area (Å²) in [5, 5.41) is 36.8. The maximum Gasteiger partial charge on any atom is 0.339 e. The third-order valence-corrected chi connectivity index (χ3v) is 3.57. The predicted molar refractivity (Wildman–Crippen MR) is 90.6 cm³/mol. The molecule has 0 spiro atoms. The maximum atomic E-state index is 12.0. The zero-order valence-corrected chi connectivity index (χ0v) is 13.9. The molecule has 136 valence electrons. The number of hydrogen-bond donors (Lipinski definition) is 4. The molecule has 1 aromatic rings. The first kappa shape index (κ1) is 20.2. The van der Waals surface area contributed by atoms with E-state index < -0.39 is 5.97 Å². The molecule has 0 aliphatic heterocycles. The summed E-state index contributed by atoms with van der Waals surface area (Å²) in [4.78, 5) is 15.5. The summed E-state index contributed by atoms with van der Waals surface area (Å²) in [6.45, 7) is 0.719. The number of hydrogen-bond acceptors (Lipinski definition) is 8. The lowest BCUT2D eigenvalue weighted by molar-refractivity contribution is 0.0601. The van der Waals surface area contributed by atoms with Crippen LogP contribution in [0.3, 0.4) is 0 Å². The quantitative estimate of drug-likeness (QED) is 0.381. The second-order valence-corrected chi connectivity index (χ2v) is 5.06. The van der Waals surface area contributed by atoms with Crippen molar-refractivity contribution in [1.29, 1.82) is 0 Å². The van der Waals surface area contributed by atoms with Gasteiger partial charge >= 0.3 is 5.97 Å². The highest BCUT2D eigenvalue weighted by molar-refractivity contribution is 5.96. The van der Waals surface area contributed by atoms with Crippen molar-refractivity contribution >= 4 is 17.3 Å². The minimum Gasteiger partial charge on any atom is -0.465 e. The van der Waals surface area contributed by atoms with E-state index in [-0.39, 0.29) is 39.5 Å². The van der Waals surface area contributed by atoms with Crippen molar-refractivity contribution < 1.29 is 30.0 Å². The normalized spacial score (nSPS) is 10.5. The Bertz CT molecular complexity index is 499. The second-order valence-electron chi connectivity index (χ2n) is 5.06. The minimum absolute atomic E-state index is 0.0783. The lowest BCUT2D eigenvalue weighted by atomic mass is 10.1. The largest absolute Gasteiger partial charge is 0.465 e. The number of aliphatic hydroxyl groups excluding tert-OH is 4. The summed E-state index contributed by atoms with van der Waals surface area (Å²) in [5.74, 6) is -0.520. The Hall–Kier alpha value is -1.87. The zero-order valence-electron chi connectivity index (χ0n) is 13.9. The molecular weight excluding hydrogens is 316 g/mol. The van der Waals surface area contributed by atoms with Gasteiger partial charge in [-0.1, -0.05) is 0 Å². The topological polar surface area (TPSA) is 114 Å². The molecule has 8 nitrogen and oxygen atoms in total. The van der Waals surface area contributed by atoms with E-state index in [2.05, 4.69) is 0 Å². The zero-order chi connectivity index (χ0) is 17.9. The smallest absolute Gasteiger partial charge is 0.339 e. The summed E-state index contributed by atoms with van der Waals surface area (Å²) in [6, 6.07) is 5.03. The number of benzene rings is 1. The Morgan fingerprint density at radius 2 is 1.42 bits per heavy atom. The Balaban J connectivity index is 3.31. The fourth-order valence-corrected chi connectivity index (χ4v) is 2.47. The molecule has 0 heterocycles. The molecule has 0 aromatic heterocycles. The number of methoxy groups -OCH3 is 1. The Morgan fingerprint density at radius 3 is 1.88 bits per heavy atom. The summed E-state index contributed by atoms with van der Waals surface area (Å²) in [6.07, 6.45) is 0. The third-order valence-electron chi connectivity index (χ3n) is 3.57. The van der Waals surface area contributed by atoms with E-state index in [1.165, 1.54) is 7.11 Å². The van der Waals surface area contributed by atoms with Crippen LogP contribution in [-0.4, -0.2) is 86.1 Å². The van der Waals surface area contributed by atoms with Gasteiger partial charge in [0.05, 0.1) is 44.8 Å². The monoisotopic (exact) mass is 342 g/mol. The van der Waals surface area contributed by atoms with Crippen LogP contribution in [-0.2, 0) is 4.74 Å². The van der Waals surface area contributed by atoms with Gasteiger partial charge in [-0.3, -0.25) is 0 Å². The fraction of sp³-hybridized carbons (Fsp3) is 0.562. The molecule has 24 heavy (non-hydrogen) atoms. The summed E-state index contributed by atoms with van der Waals surface area (Å²) >= 11 is 0. The number of esters is 1. The van der Waals surface area contributed by atoms with E-state index in [4.69, 9.17) is 4.74 Å². The van der Waals surface area contributed by atoms with E-state index in [0.717, 1.165) is 0 Å². The van der Waals surface area contributed by atoms with E-state index >= 15 is 0 Å². The van der Waals surface area contributed by atoms with Gasteiger partial charge in [0.2, 0.25) is 0 Å². The molecule has 0 saturated carbocycles. The third kappa shape index (κ3) is 5.34. The molecule has 0 radical (unpaired) electrons. The van der Waals surface area contributed by atoms with Gasteiger partial charge in [-0.25, -0.2) is 4.79 Å². The highest BCUT2D eigenvalue weighted by Crippen LogP contribution is 2.27. The van der Waals surface area contributed by atoms with Crippen molar-refractivity contribution in [1.82, 2.24) is 0 Å².